The molecule has 0 spiro atoms. The van der Waals surface area contributed by atoms with Crippen molar-refractivity contribution in [2.24, 2.45) is 0 Å². The first-order chi connectivity index (χ1) is 12.5. The summed E-state index contributed by atoms with van der Waals surface area (Å²) in [5.74, 6) is 1.62. The predicted octanol–water partition coefficient (Wildman–Crippen LogP) is 3.37. The molecule has 138 valence electrons. The van der Waals surface area contributed by atoms with E-state index in [1.54, 1.807) is 37.3 Å². The van der Waals surface area contributed by atoms with Gasteiger partial charge in [-0.05, 0) is 50.2 Å². The van der Waals surface area contributed by atoms with Crippen molar-refractivity contribution >= 4 is 10.0 Å². The molecule has 0 amide bonds. The third-order valence-corrected chi connectivity index (χ3v) is 5.50. The fourth-order valence-electron chi connectivity index (χ4n) is 2.49. The first-order valence-electron chi connectivity index (χ1n) is 8.16. The average molecular weight is 376 g/mol. The molecule has 3 rings (SSSR count). The number of nitrogens with zero attached hydrogens (tertiary/aromatic N) is 2. The van der Waals surface area contributed by atoms with Gasteiger partial charge in [0.25, 0.3) is 0 Å². The minimum absolute atomic E-state index is 0.0527. The second-order valence-electron chi connectivity index (χ2n) is 5.69. The Balaban J connectivity index is 1.90. The summed E-state index contributed by atoms with van der Waals surface area (Å²) in [6, 6.07) is 11.5. The van der Waals surface area contributed by atoms with Gasteiger partial charge in [0.05, 0.1) is 36.5 Å². The van der Waals surface area contributed by atoms with E-state index < -0.39 is 10.0 Å². The number of hydrogen-bond acceptors (Lipinski definition) is 6. The molecular weight excluding hydrogens is 356 g/mol. The minimum atomic E-state index is -3.77. The van der Waals surface area contributed by atoms with E-state index in [4.69, 9.17) is 13.7 Å². The standard InChI is InChI=1S/C18H20N2O5S/c1-3-23-15-6-8-18(9-7-15)26(21,22)20(12-16-5-4-10-24-16)13-17-11-14(2)19-25-17/h4-11H,3,12-13H2,1-2H3. The van der Waals surface area contributed by atoms with E-state index in [1.807, 2.05) is 6.92 Å². The van der Waals surface area contributed by atoms with Crippen LogP contribution in [0.1, 0.15) is 24.1 Å². The van der Waals surface area contributed by atoms with Crippen molar-refractivity contribution in [3.05, 3.63) is 65.9 Å². The topological polar surface area (TPSA) is 85.8 Å². The lowest BCUT2D eigenvalue weighted by Gasteiger charge is -2.20. The first kappa shape index (κ1) is 18.2. The van der Waals surface area contributed by atoms with Crippen LogP contribution in [0.25, 0.3) is 0 Å². The summed E-state index contributed by atoms with van der Waals surface area (Å²) in [5.41, 5.74) is 0.691. The molecule has 1 aromatic carbocycles. The van der Waals surface area contributed by atoms with Gasteiger partial charge in [0.2, 0.25) is 10.0 Å². The number of benzene rings is 1. The molecule has 0 radical (unpaired) electrons. The van der Waals surface area contributed by atoms with Gasteiger partial charge in [-0.1, -0.05) is 5.16 Å². The van der Waals surface area contributed by atoms with Gasteiger partial charge in [0.1, 0.15) is 11.5 Å². The quantitative estimate of drug-likeness (QED) is 0.599. The summed E-state index contributed by atoms with van der Waals surface area (Å²) < 4.78 is 43.4. The largest absolute Gasteiger partial charge is 0.494 e. The van der Waals surface area contributed by atoms with Gasteiger partial charge in [-0.3, -0.25) is 0 Å². The molecule has 2 aromatic heterocycles. The van der Waals surface area contributed by atoms with Gasteiger partial charge >= 0.3 is 0 Å². The number of aromatic nitrogens is 1. The van der Waals surface area contributed by atoms with Crippen LogP contribution in [0.15, 0.2) is 62.6 Å². The maximum Gasteiger partial charge on any atom is 0.243 e. The number of hydrogen-bond donors (Lipinski definition) is 0. The van der Waals surface area contributed by atoms with E-state index in [0.717, 1.165) is 0 Å². The molecule has 0 N–H and O–H groups in total. The van der Waals surface area contributed by atoms with Gasteiger partial charge in [0.15, 0.2) is 5.76 Å². The molecular formula is C18H20N2O5S. The molecule has 0 fully saturated rings. The fraction of sp³-hybridized carbons (Fsp3) is 0.278. The van der Waals surface area contributed by atoms with Crippen LogP contribution in [0, 0.1) is 6.92 Å². The smallest absolute Gasteiger partial charge is 0.243 e. The highest BCUT2D eigenvalue weighted by atomic mass is 32.2. The Morgan fingerprint density at radius 3 is 2.42 bits per heavy atom. The number of furan rings is 1. The zero-order chi connectivity index (χ0) is 18.6. The predicted molar refractivity (Wildman–Crippen MR) is 94.0 cm³/mol. The van der Waals surface area contributed by atoms with Crippen LogP contribution in [-0.4, -0.2) is 24.5 Å². The lowest BCUT2D eigenvalue weighted by molar-refractivity contribution is 0.302. The molecule has 0 aliphatic carbocycles. The van der Waals surface area contributed by atoms with Crippen LogP contribution < -0.4 is 4.74 Å². The second-order valence-corrected chi connectivity index (χ2v) is 7.63. The lowest BCUT2D eigenvalue weighted by atomic mass is 10.3. The Labute approximate surface area is 152 Å². The molecule has 3 aromatic rings. The summed E-state index contributed by atoms with van der Waals surface area (Å²) in [6.07, 6.45) is 1.51. The van der Waals surface area contributed by atoms with Crippen LogP contribution in [0.3, 0.4) is 0 Å². The molecule has 0 bridgehead atoms. The Kier molecular flexibility index (Phi) is 5.43. The van der Waals surface area contributed by atoms with E-state index in [-0.39, 0.29) is 18.0 Å². The highest BCUT2D eigenvalue weighted by Crippen LogP contribution is 2.23. The van der Waals surface area contributed by atoms with E-state index >= 15 is 0 Å². The number of aryl methyl sites for hydroxylation is 1. The van der Waals surface area contributed by atoms with Crippen molar-refractivity contribution in [2.75, 3.05) is 6.61 Å². The molecule has 8 heteroatoms. The van der Waals surface area contributed by atoms with Crippen LogP contribution in [0.2, 0.25) is 0 Å². The van der Waals surface area contributed by atoms with E-state index in [9.17, 15) is 8.42 Å². The minimum Gasteiger partial charge on any atom is -0.494 e. The Hall–Kier alpha value is -2.58. The van der Waals surface area contributed by atoms with Crippen LogP contribution in [-0.2, 0) is 23.1 Å². The van der Waals surface area contributed by atoms with Crippen LogP contribution >= 0.6 is 0 Å². The molecule has 0 saturated heterocycles. The number of sulfonamides is 1. The Bertz CT molecular complexity index is 930. The van der Waals surface area contributed by atoms with E-state index in [1.165, 1.54) is 22.7 Å². The lowest BCUT2D eigenvalue weighted by Crippen LogP contribution is -2.30. The molecule has 0 saturated carbocycles. The molecule has 7 nitrogen and oxygen atoms in total. The van der Waals surface area contributed by atoms with Crippen molar-refractivity contribution < 1.29 is 22.1 Å². The summed E-state index contributed by atoms with van der Waals surface area (Å²) in [4.78, 5) is 0.170. The summed E-state index contributed by atoms with van der Waals surface area (Å²) in [7, 11) is -3.77. The van der Waals surface area contributed by atoms with Crippen molar-refractivity contribution in [3.8, 4) is 5.75 Å². The molecule has 0 aliphatic rings. The fourth-order valence-corrected chi connectivity index (χ4v) is 3.86. The monoisotopic (exact) mass is 376 g/mol. The summed E-state index contributed by atoms with van der Waals surface area (Å²) in [6.45, 7) is 4.31. The van der Waals surface area contributed by atoms with Gasteiger partial charge in [-0.15, -0.1) is 0 Å². The van der Waals surface area contributed by atoms with Crippen molar-refractivity contribution in [1.82, 2.24) is 9.46 Å². The van der Waals surface area contributed by atoms with Gasteiger partial charge in [-0.2, -0.15) is 4.31 Å². The zero-order valence-corrected chi connectivity index (χ0v) is 15.4. The van der Waals surface area contributed by atoms with Gasteiger partial charge < -0.3 is 13.7 Å². The number of ether oxygens (including phenoxy) is 1. The van der Waals surface area contributed by atoms with Crippen molar-refractivity contribution in [1.29, 1.82) is 0 Å². The molecule has 2 heterocycles. The first-order valence-corrected chi connectivity index (χ1v) is 9.60. The SMILES string of the molecule is CCOc1ccc(S(=O)(=O)N(Cc2ccco2)Cc2cc(C)no2)cc1. The third kappa shape index (κ3) is 4.14. The molecule has 0 atom stereocenters. The van der Waals surface area contributed by atoms with Crippen LogP contribution in [0.5, 0.6) is 5.75 Å². The normalized spacial score (nSPS) is 11.8. The third-order valence-electron chi connectivity index (χ3n) is 3.69. The Morgan fingerprint density at radius 2 is 1.85 bits per heavy atom. The number of rotatable bonds is 8. The van der Waals surface area contributed by atoms with E-state index in [2.05, 4.69) is 5.16 Å². The molecule has 0 aliphatic heterocycles. The van der Waals surface area contributed by atoms with Gasteiger partial charge in [0, 0.05) is 6.07 Å². The van der Waals surface area contributed by atoms with Crippen LogP contribution in [0.4, 0.5) is 0 Å². The second kappa shape index (κ2) is 7.76. The maximum atomic E-state index is 13.1. The highest BCUT2D eigenvalue weighted by Gasteiger charge is 2.27. The molecule has 0 unspecified atom stereocenters. The van der Waals surface area contributed by atoms with Gasteiger partial charge in [-0.25, -0.2) is 8.42 Å². The molecule has 26 heavy (non-hydrogen) atoms. The maximum absolute atomic E-state index is 13.1. The zero-order valence-electron chi connectivity index (χ0n) is 14.6. The summed E-state index contributed by atoms with van der Waals surface area (Å²) in [5, 5.41) is 3.82. The average Bonchev–Trinajstić information content (AvgIpc) is 3.27. The summed E-state index contributed by atoms with van der Waals surface area (Å²) >= 11 is 0. The highest BCUT2D eigenvalue weighted by molar-refractivity contribution is 7.89. The van der Waals surface area contributed by atoms with Crippen molar-refractivity contribution in [3.63, 3.8) is 0 Å². The Morgan fingerprint density at radius 1 is 1.12 bits per heavy atom. The van der Waals surface area contributed by atoms with E-state index in [0.29, 0.717) is 29.6 Å². The van der Waals surface area contributed by atoms with Crippen molar-refractivity contribution in [2.45, 2.75) is 31.8 Å².